The number of fused-ring (bicyclic) bond motifs is 1. The van der Waals surface area contributed by atoms with Crippen molar-refractivity contribution >= 4 is 23.3 Å². The fourth-order valence-corrected chi connectivity index (χ4v) is 3.60. The molecule has 9 nitrogen and oxygen atoms in total. The molecular weight excluding hydrogens is 408 g/mol. The molecule has 0 saturated heterocycles. The summed E-state index contributed by atoms with van der Waals surface area (Å²) in [5.74, 6) is 1.12. The highest BCUT2D eigenvalue weighted by atomic mass is 16.7. The minimum absolute atomic E-state index is 0.179. The second-order valence-electron chi connectivity index (χ2n) is 7.79. The monoisotopic (exact) mass is 438 g/mol. The standard InChI is InChI=1S/C23H30N6O3/c1-7-8-19(23(30)32-28-16(5)24)26-20-12-14(3)25-22-21(15(4)27-29(20)22)18-10-9-17(31-6)11-13(18)2/h9-12,19,26H,7-8H2,1-6H3,(H2,24,28)/t19-/m0/s1. The van der Waals surface area contributed by atoms with Crippen LogP contribution in [0.2, 0.25) is 0 Å². The average Bonchev–Trinajstić information content (AvgIpc) is 3.07. The normalized spacial score (nSPS) is 12.6. The smallest absolute Gasteiger partial charge is 0.357 e. The number of benzene rings is 1. The van der Waals surface area contributed by atoms with E-state index in [4.69, 9.17) is 25.4 Å². The largest absolute Gasteiger partial charge is 0.497 e. The molecule has 0 fully saturated rings. The maximum Gasteiger partial charge on any atom is 0.357 e. The van der Waals surface area contributed by atoms with Gasteiger partial charge in [-0.25, -0.2) is 9.78 Å². The summed E-state index contributed by atoms with van der Waals surface area (Å²) in [4.78, 5) is 22.3. The second kappa shape index (κ2) is 9.67. The molecule has 0 aliphatic heterocycles. The first-order valence-corrected chi connectivity index (χ1v) is 10.5. The molecule has 0 saturated carbocycles. The summed E-state index contributed by atoms with van der Waals surface area (Å²) in [5, 5.41) is 11.6. The average molecular weight is 439 g/mol. The van der Waals surface area contributed by atoms with Crippen molar-refractivity contribution in [3.63, 3.8) is 0 Å². The van der Waals surface area contributed by atoms with Crippen LogP contribution in [0.4, 0.5) is 5.82 Å². The van der Waals surface area contributed by atoms with Crippen LogP contribution in [0.1, 0.15) is 43.6 Å². The fraction of sp³-hybridized carbons (Fsp3) is 0.391. The molecule has 2 aromatic heterocycles. The van der Waals surface area contributed by atoms with E-state index in [9.17, 15) is 4.79 Å². The van der Waals surface area contributed by atoms with Gasteiger partial charge in [0.1, 0.15) is 23.4 Å². The molecule has 170 valence electrons. The SMILES string of the molecule is CCC[C@H](Nc1cc(C)nc2c(-c3ccc(OC)cc3C)c(C)nn12)C(=O)O/N=C(\C)N. The van der Waals surface area contributed by atoms with E-state index in [1.807, 2.05) is 52.0 Å². The molecule has 2 heterocycles. The van der Waals surface area contributed by atoms with E-state index in [0.717, 1.165) is 40.2 Å². The Hall–Kier alpha value is -3.62. The first kappa shape index (κ1) is 23.1. The van der Waals surface area contributed by atoms with Crippen LogP contribution in [0.5, 0.6) is 5.75 Å². The number of oxime groups is 1. The van der Waals surface area contributed by atoms with E-state index >= 15 is 0 Å². The molecule has 0 aliphatic carbocycles. The molecule has 3 N–H and O–H groups in total. The zero-order valence-corrected chi connectivity index (χ0v) is 19.4. The number of rotatable bonds is 8. The van der Waals surface area contributed by atoms with Gasteiger partial charge in [-0.05, 0) is 57.4 Å². The molecule has 0 unspecified atom stereocenters. The topological polar surface area (TPSA) is 116 Å². The lowest BCUT2D eigenvalue weighted by molar-refractivity contribution is -0.144. The van der Waals surface area contributed by atoms with E-state index in [2.05, 4.69) is 10.5 Å². The third-order valence-corrected chi connectivity index (χ3v) is 5.06. The number of ether oxygens (including phenoxy) is 1. The Bertz CT molecular complexity index is 1160. The number of nitrogens with two attached hydrogens (primary N) is 1. The van der Waals surface area contributed by atoms with E-state index in [1.54, 1.807) is 18.5 Å². The highest BCUT2D eigenvalue weighted by Gasteiger charge is 2.23. The second-order valence-corrected chi connectivity index (χ2v) is 7.79. The zero-order chi connectivity index (χ0) is 23.4. The molecule has 0 radical (unpaired) electrons. The van der Waals surface area contributed by atoms with Crippen molar-refractivity contribution in [3.05, 3.63) is 41.2 Å². The number of carbonyl (C=O) groups excluding carboxylic acids is 1. The van der Waals surface area contributed by atoms with Gasteiger partial charge in [-0.3, -0.25) is 0 Å². The first-order chi connectivity index (χ1) is 15.2. The van der Waals surface area contributed by atoms with E-state index in [0.29, 0.717) is 17.9 Å². The summed E-state index contributed by atoms with van der Waals surface area (Å²) < 4.78 is 7.07. The quantitative estimate of drug-likeness (QED) is 0.238. The molecule has 3 rings (SSSR count). The maximum absolute atomic E-state index is 12.6. The molecular formula is C23H30N6O3. The Labute approximate surface area is 187 Å². The van der Waals surface area contributed by atoms with Crippen molar-refractivity contribution in [2.45, 2.75) is 53.5 Å². The Morgan fingerprint density at radius 1 is 1.28 bits per heavy atom. The molecule has 0 spiro atoms. The lowest BCUT2D eigenvalue weighted by atomic mass is 10.0. The van der Waals surface area contributed by atoms with E-state index in [-0.39, 0.29) is 5.84 Å². The Kier molecular flexibility index (Phi) is 6.97. The Morgan fingerprint density at radius 3 is 2.66 bits per heavy atom. The Balaban J connectivity index is 2.07. The summed E-state index contributed by atoms with van der Waals surface area (Å²) in [6.45, 7) is 9.44. The van der Waals surface area contributed by atoms with Crippen molar-refractivity contribution < 1.29 is 14.4 Å². The van der Waals surface area contributed by atoms with Gasteiger partial charge in [0.2, 0.25) is 0 Å². The highest BCUT2D eigenvalue weighted by molar-refractivity contribution is 5.84. The number of nitrogens with zero attached hydrogens (tertiary/aromatic N) is 4. The molecule has 0 bridgehead atoms. The minimum atomic E-state index is -0.608. The highest BCUT2D eigenvalue weighted by Crippen LogP contribution is 2.33. The lowest BCUT2D eigenvalue weighted by Gasteiger charge is -2.17. The van der Waals surface area contributed by atoms with Crippen LogP contribution in [0.15, 0.2) is 29.4 Å². The van der Waals surface area contributed by atoms with Gasteiger partial charge in [-0.1, -0.05) is 24.6 Å². The van der Waals surface area contributed by atoms with Gasteiger partial charge in [0, 0.05) is 17.3 Å². The van der Waals surface area contributed by atoms with Gasteiger partial charge in [0.15, 0.2) is 5.65 Å². The van der Waals surface area contributed by atoms with Gasteiger partial charge in [-0.2, -0.15) is 9.61 Å². The number of hydrogen-bond acceptors (Lipinski definition) is 7. The van der Waals surface area contributed by atoms with Gasteiger partial charge in [0.05, 0.1) is 12.8 Å². The molecule has 1 aromatic carbocycles. The molecule has 9 heteroatoms. The van der Waals surface area contributed by atoms with Crippen molar-refractivity contribution in [2.24, 2.45) is 10.9 Å². The molecule has 32 heavy (non-hydrogen) atoms. The summed E-state index contributed by atoms with van der Waals surface area (Å²) in [7, 11) is 1.65. The van der Waals surface area contributed by atoms with Crippen molar-refractivity contribution in [2.75, 3.05) is 12.4 Å². The number of nitrogens with one attached hydrogen (secondary N) is 1. The zero-order valence-electron chi connectivity index (χ0n) is 19.4. The van der Waals surface area contributed by atoms with Crippen LogP contribution in [0.3, 0.4) is 0 Å². The number of amidine groups is 1. The van der Waals surface area contributed by atoms with Crippen LogP contribution < -0.4 is 15.8 Å². The minimum Gasteiger partial charge on any atom is -0.497 e. The number of anilines is 1. The number of aryl methyl sites for hydroxylation is 3. The molecule has 3 aromatic rings. The predicted octanol–water partition coefficient (Wildman–Crippen LogP) is 3.75. The fourth-order valence-electron chi connectivity index (χ4n) is 3.60. The molecule has 0 amide bonds. The summed E-state index contributed by atoms with van der Waals surface area (Å²) in [5.41, 5.74) is 10.8. The van der Waals surface area contributed by atoms with Gasteiger partial charge < -0.3 is 20.6 Å². The van der Waals surface area contributed by atoms with E-state index < -0.39 is 12.0 Å². The summed E-state index contributed by atoms with van der Waals surface area (Å²) >= 11 is 0. The number of hydrogen-bond donors (Lipinski definition) is 2. The van der Waals surface area contributed by atoms with Gasteiger partial charge >= 0.3 is 5.97 Å². The van der Waals surface area contributed by atoms with Crippen LogP contribution in [0.25, 0.3) is 16.8 Å². The van der Waals surface area contributed by atoms with Gasteiger partial charge in [0.25, 0.3) is 0 Å². The van der Waals surface area contributed by atoms with Crippen LogP contribution in [0, 0.1) is 20.8 Å². The van der Waals surface area contributed by atoms with Crippen molar-refractivity contribution in [1.29, 1.82) is 0 Å². The summed E-state index contributed by atoms with van der Waals surface area (Å²) in [6.07, 6.45) is 1.34. The van der Waals surface area contributed by atoms with Crippen LogP contribution in [-0.4, -0.2) is 39.6 Å². The van der Waals surface area contributed by atoms with Crippen LogP contribution in [-0.2, 0) is 9.63 Å². The summed E-state index contributed by atoms with van der Waals surface area (Å²) in [6, 6.07) is 7.18. The van der Waals surface area contributed by atoms with E-state index in [1.165, 1.54) is 0 Å². The first-order valence-electron chi connectivity index (χ1n) is 10.5. The lowest BCUT2D eigenvalue weighted by Crippen LogP contribution is -2.31. The third kappa shape index (κ3) is 4.82. The number of methoxy groups -OCH3 is 1. The van der Waals surface area contributed by atoms with Crippen LogP contribution >= 0.6 is 0 Å². The Morgan fingerprint density at radius 2 is 2.03 bits per heavy atom. The number of aromatic nitrogens is 3. The van der Waals surface area contributed by atoms with Crippen molar-refractivity contribution in [1.82, 2.24) is 14.6 Å². The van der Waals surface area contributed by atoms with Crippen molar-refractivity contribution in [3.8, 4) is 16.9 Å². The molecule has 0 aliphatic rings. The maximum atomic E-state index is 12.6. The molecule has 1 atom stereocenters. The number of carbonyl (C=O) groups is 1. The van der Waals surface area contributed by atoms with Gasteiger partial charge in [-0.15, -0.1) is 0 Å². The third-order valence-electron chi connectivity index (χ3n) is 5.06. The predicted molar refractivity (Wildman–Crippen MR) is 125 cm³/mol.